The van der Waals surface area contributed by atoms with Gasteiger partial charge in [-0.25, -0.2) is 18.2 Å². The van der Waals surface area contributed by atoms with E-state index in [9.17, 15) is 31.9 Å². The van der Waals surface area contributed by atoms with Gasteiger partial charge in [0.1, 0.15) is 88.6 Å². The molecule has 0 saturated carbocycles. The zero-order chi connectivity index (χ0) is 87.2. The van der Waals surface area contributed by atoms with Gasteiger partial charge in [-0.1, -0.05) is 72.3 Å². The van der Waals surface area contributed by atoms with Crippen molar-refractivity contribution in [3.05, 3.63) is 299 Å². The Balaban J connectivity index is 0.000000139. The molecule has 0 aliphatic carbocycles. The molecule has 23 heteroatoms. The fourth-order valence-corrected chi connectivity index (χ4v) is 16.4. The first-order chi connectivity index (χ1) is 61.3. The van der Waals surface area contributed by atoms with Crippen LogP contribution in [0.3, 0.4) is 0 Å². The highest BCUT2D eigenvalue weighted by Gasteiger charge is 2.28. The molecule has 19 nitrogen and oxygen atoms in total. The number of nitrogens with zero attached hydrogens (tertiary/aromatic N) is 1. The summed E-state index contributed by atoms with van der Waals surface area (Å²) in [6, 6.07) is 67.4. The largest absolute Gasteiger partial charge is 0.488 e. The Morgan fingerprint density at radius 3 is 0.897 bits per heavy atom. The van der Waals surface area contributed by atoms with Crippen molar-refractivity contribution >= 4 is 34.8 Å². The van der Waals surface area contributed by atoms with Gasteiger partial charge in [-0.15, -0.1) is 0 Å². The third-order valence-electron chi connectivity index (χ3n) is 23.5. The standard InChI is InChI=1S/2C35H36FN3O3.C33H32F2N4O3/c1-22-3-5-24(6-4-22)31-19-27(9-12-34(31)42-29-14-16-38-21-29)39-35(40)26-8-11-33(41-28-13-15-37-20-28)30(18-26)25-7-10-32(36)23(2)17-25;1-22-5-3-4-6-29(22)31-19-26(9-12-34(31)42-28-14-16-38-21-28)39-35(40)25-8-11-33(41-27-13-15-37-20-27)30(18-25)24-7-10-32(36)23(2)17-24;1-20-14-21(2-6-29(20)34)27-15-22(3-7-30(27)41-25-10-12-36-18-25)33(40)39-24-5-8-31(42-26-11-13-37-19-26)28(16-24)23-4-9-32(35)38-17-23/h3-12,17-19,28-29,37-38H,13-16,20-21H2,1-2H3,(H,39,40);3-12,17-19,27-28,37-38H,13-16,20-21H2,1-2H3,(H,39,40);2-9,14-17,25-26,36-37H,10-13,18-19H2,1H3,(H,39,40)/t28-,29-;27-,28-;25-,26-/m000/s1. The molecule has 648 valence electrons. The molecule has 9 N–H and O–H groups in total. The van der Waals surface area contributed by atoms with Crippen LogP contribution in [0.5, 0.6) is 34.5 Å². The predicted molar refractivity (Wildman–Crippen MR) is 488 cm³/mol. The van der Waals surface area contributed by atoms with Gasteiger partial charge in [0.25, 0.3) is 17.7 Å². The van der Waals surface area contributed by atoms with Crippen LogP contribution in [0.15, 0.2) is 231 Å². The average Bonchev–Trinajstić information content (AvgIpc) is 1.16. The molecule has 3 amide bonds. The van der Waals surface area contributed by atoms with Gasteiger partial charge in [-0.3, -0.25) is 14.4 Å². The molecule has 0 radical (unpaired) electrons. The first-order valence-corrected chi connectivity index (χ1v) is 43.4. The minimum atomic E-state index is -0.575. The van der Waals surface area contributed by atoms with Crippen molar-refractivity contribution in [1.29, 1.82) is 0 Å². The van der Waals surface area contributed by atoms with E-state index in [1.54, 1.807) is 106 Å². The molecule has 6 atom stereocenters. The summed E-state index contributed by atoms with van der Waals surface area (Å²) in [6.07, 6.45) is 7.30. The lowest BCUT2D eigenvalue weighted by Crippen LogP contribution is -2.20. The Hall–Kier alpha value is -12.7. The Bertz CT molecular complexity index is 5650. The number of halogens is 4. The van der Waals surface area contributed by atoms with Crippen molar-refractivity contribution in [2.75, 3.05) is 94.5 Å². The van der Waals surface area contributed by atoms with E-state index in [1.165, 1.54) is 36.0 Å². The number of amides is 3. The van der Waals surface area contributed by atoms with Crippen LogP contribution < -0.4 is 76.3 Å². The predicted octanol–water partition coefficient (Wildman–Crippen LogP) is 18.8. The summed E-state index contributed by atoms with van der Waals surface area (Å²) in [7, 11) is 0. The number of pyridine rings is 1. The smallest absolute Gasteiger partial charge is 0.255 e. The maximum atomic E-state index is 14.1. The Labute approximate surface area is 732 Å². The van der Waals surface area contributed by atoms with Crippen molar-refractivity contribution in [2.24, 2.45) is 0 Å². The van der Waals surface area contributed by atoms with Crippen molar-refractivity contribution in [3.63, 3.8) is 0 Å². The quantitative estimate of drug-likeness (QED) is 0.0202. The number of nitrogens with one attached hydrogen (secondary N) is 9. The van der Waals surface area contributed by atoms with Gasteiger partial charge in [-0.2, -0.15) is 4.39 Å². The Morgan fingerprint density at radius 1 is 0.294 bits per heavy atom. The summed E-state index contributed by atoms with van der Waals surface area (Å²) in [4.78, 5) is 44.5. The van der Waals surface area contributed by atoms with Gasteiger partial charge in [0.15, 0.2) is 0 Å². The highest BCUT2D eigenvalue weighted by molar-refractivity contribution is 6.08. The number of hydrogen-bond acceptors (Lipinski definition) is 16. The highest BCUT2D eigenvalue weighted by Crippen LogP contribution is 2.42. The third kappa shape index (κ3) is 21.8. The number of carbonyl (C=O) groups excluding carboxylic acids is 3. The lowest BCUT2D eigenvalue weighted by molar-refractivity contribution is 0.101. The van der Waals surface area contributed by atoms with Crippen LogP contribution in [-0.4, -0.2) is 138 Å². The molecule has 6 saturated heterocycles. The second-order valence-electron chi connectivity index (χ2n) is 33.0. The molecule has 6 aliphatic heterocycles. The summed E-state index contributed by atoms with van der Waals surface area (Å²) in [5.41, 5.74) is 17.1. The second kappa shape index (κ2) is 40.5. The lowest BCUT2D eigenvalue weighted by Gasteiger charge is -2.19. The zero-order valence-corrected chi connectivity index (χ0v) is 71.3. The molecule has 0 bridgehead atoms. The fraction of sp³-hybridized carbons (Fsp3) is 0.282. The molecule has 18 rings (SSSR count). The van der Waals surface area contributed by atoms with Gasteiger partial charge in [-0.05, 0) is 320 Å². The van der Waals surface area contributed by atoms with E-state index in [0.29, 0.717) is 90.1 Å². The van der Waals surface area contributed by atoms with E-state index >= 15 is 0 Å². The molecule has 12 aromatic rings. The SMILES string of the molecule is Cc1cc(-c2cc(C(=O)Nc3ccc(O[C@H]4CCNC4)c(-c4ccc(F)nc4)c3)ccc2O[C@H]2CCNC2)ccc1F.Cc1cc(-c2cc(C(=O)Nc3ccc(O[C@H]4CCNC4)c(-c4ccccc4C)c3)ccc2O[C@H]2CCNC2)ccc1F.Cc1ccc(-c2cc(NC(=O)c3ccc(O[C@H]4CCNC4)c(-c4ccc(F)c(C)c4)c3)ccc2O[C@H]2CCNC2)cc1. The Kier molecular flexibility index (Phi) is 27.9. The second-order valence-corrected chi connectivity index (χ2v) is 33.0. The monoisotopic (exact) mass is 1700 g/mol. The zero-order valence-electron chi connectivity index (χ0n) is 71.3. The number of anilines is 3. The van der Waals surface area contributed by atoms with E-state index in [-0.39, 0.29) is 71.8 Å². The maximum absolute atomic E-state index is 14.1. The molecule has 6 aliphatic rings. The van der Waals surface area contributed by atoms with Crippen LogP contribution >= 0.6 is 0 Å². The number of aromatic nitrogens is 1. The van der Waals surface area contributed by atoms with Gasteiger partial charge in [0.2, 0.25) is 5.95 Å². The number of benzene rings is 11. The lowest BCUT2D eigenvalue weighted by atomic mass is 9.98. The third-order valence-corrected chi connectivity index (χ3v) is 23.5. The number of carbonyl (C=O) groups is 3. The molecule has 0 spiro atoms. The summed E-state index contributed by atoms with van der Waals surface area (Å²) in [5, 5.41) is 29.1. The number of ether oxygens (including phenoxy) is 6. The summed E-state index contributed by atoms with van der Waals surface area (Å²) in [5.74, 6) is 2.01. The normalized spacial score (nSPS) is 18.2. The molecular formula is C103H104F4N10O9. The fourth-order valence-electron chi connectivity index (χ4n) is 16.4. The molecule has 126 heavy (non-hydrogen) atoms. The van der Waals surface area contributed by atoms with Crippen LogP contribution in [0.2, 0.25) is 0 Å². The van der Waals surface area contributed by atoms with Gasteiger partial charge in [0, 0.05) is 118 Å². The minimum Gasteiger partial charge on any atom is -0.488 e. The molecule has 0 unspecified atom stereocenters. The highest BCUT2D eigenvalue weighted by atomic mass is 19.1. The minimum absolute atomic E-state index is 0.0186. The van der Waals surface area contributed by atoms with E-state index in [4.69, 9.17) is 28.4 Å². The molecule has 1 aromatic heterocycles. The summed E-state index contributed by atoms with van der Waals surface area (Å²) in [6.45, 7) is 19.4. The van der Waals surface area contributed by atoms with Crippen LogP contribution in [-0.2, 0) is 0 Å². The van der Waals surface area contributed by atoms with E-state index < -0.39 is 5.95 Å². The number of aryl methyl sites for hydroxylation is 5. The first kappa shape index (κ1) is 86.8. The van der Waals surface area contributed by atoms with E-state index in [1.807, 2.05) is 78.9 Å². The summed E-state index contributed by atoms with van der Waals surface area (Å²) < 4.78 is 93.8. The summed E-state index contributed by atoms with van der Waals surface area (Å²) >= 11 is 0. The number of hydrogen-bond donors (Lipinski definition) is 9. The van der Waals surface area contributed by atoms with Gasteiger partial charge < -0.3 is 76.3 Å². The van der Waals surface area contributed by atoms with Gasteiger partial charge in [0.05, 0.1) is 0 Å². The average molecular weight is 1700 g/mol. The first-order valence-electron chi connectivity index (χ1n) is 43.4. The number of rotatable bonds is 24. The van der Waals surface area contributed by atoms with Crippen LogP contribution in [0.1, 0.15) is 97.4 Å². The molecule has 7 heterocycles. The van der Waals surface area contributed by atoms with Crippen molar-refractivity contribution < 1.29 is 60.4 Å². The van der Waals surface area contributed by atoms with Crippen LogP contribution in [0.25, 0.3) is 66.8 Å². The molecule has 6 fully saturated rings. The van der Waals surface area contributed by atoms with Gasteiger partial charge >= 0.3 is 0 Å². The van der Waals surface area contributed by atoms with Crippen molar-refractivity contribution in [1.82, 2.24) is 36.9 Å². The van der Waals surface area contributed by atoms with Crippen LogP contribution in [0, 0.1) is 58.0 Å². The van der Waals surface area contributed by atoms with Crippen LogP contribution in [0.4, 0.5) is 34.6 Å². The van der Waals surface area contributed by atoms with Crippen molar-refractivity contribution in [2.45, 2.75) is 110 Å². The Morgan fingerprint density at radius 2 is 0.587 bits per heavy atom. The topological polar surface area (TPSA) is 228 Å². The molecular weight excluding hydrogens is 1600 g/mol. The van der Waals surface area contributed by atoms with E-state index in [0.717, 1.165) is 184 Å². The molecule has 11 aromatic carbocycles. The van der Waals surface area contributed by atoms with Crippen molar-refractivity contribution in [3.8, 4) is 101 Å². The van der Waals surface area contributed by atoms with E-state index in [2.05, 4.69) is 103 Å². The maximum Gasteiger partial charge on any atom is 0.255 e.